The summed E-state index contributed by atoms with van der Waals surface area (Å²) in [5.74, 6) is 0.279. The molecule has 140 valence electrons. The number of hydrogen-bond donors (Lipinski definition) is 1. The van der Waals surface area contributed by atoms with E-state index in [1.165, 1.54) is 0 Å². The molecular weight excluding hydrogens is 350 g/mol. The zero-order valence-electron chi connectivity index (χ0n) is 15.0. The molecular formula is C19H25N3O3S. The molecule has 3 rings (SSSR count). The van der Waals surface area contributed by atoms with E-state index in [0.29, 0.717) is 19.5 Å². The Kier molecular flexibility index (Phi) is 5.78. The molecule has 7 heteroatoms. The monoisotopic (exact) mass is 375 g/mol. The molecule has 2 aromatic rings. The van der Waals surface area contributed by atoms with E-state index < -0.39 is 10.0 Å². The van der Waals surface area contributed by atoms with Crippen molar-refractivity contribution < 1.29 is 13.2 Å². The fourth-order valence-corrected chi connectivity index (χ4v) is 3.84. The topological polar surface area (TPSA) is 71.4 Å². The molecule has 1 aliphatic rings. The molecule has 0 radical (unpaired) electrons. The van der Waals surface area contributed by atoms with Gasteiger partial charge in [0.2, 0.25) is 15.9 Å². The lowest BCUT2D eigenvalue weighted by Crippen LogP contribution is -2.44. The van der Waals surface area contributed by atoms with Crippen molar-refractivity contribution in [3.05, 3.63) is 54.4 Å². The van der Waals surface area contributed by atoms with Crippen LogP contribution in [-0.2, 0) is 21.2 Å². The molecule has 1 amide bonds. The first-order valence-corrected chi connectivity index (χ1v) is 10.7. The van der Waals surface area contributed by atoms with E-state index in [0.717, 1.165) is 36.9 Å². The summed E-state index contributed by atoms with van der Waals surface area (Å²) in [5, 5.41) is 0. The molecule has 1 aromatic heterocycles. The van der Waals surface area contributed by atoms with Crippen molar-refractivity contribution in [2.75, 3.05) is 25.9 Å². The summed E-state index contributed by atoms with van der Waals surface area (Å²) in [6.45, 7) is 1.76. The highest BCUT2D eigenvalue weighted by Crippen LogP contribution is 2.18. The van der Waals surface area contributed by atoms with Gasteiger partial charge in [0, 0.05) is 37.7 Å². The highest BCUT2D eigenvalue weighted by molar-refractivity contribution is 7.88. The van der Waals surface area contributed by atoms with Crippen LogP contribution in [0.3, 0.4) is 0 Å². The summed E-state index contributed by atoms with van der Waals surface area (Å²) in [5.41, 5.74) is 2.05. The van der Waals surface area contributed by atoms with E-state index >= 15 is 0 Å². The van der Waals surface area contributed by atoms with Crippen LogP contribution in [-0.4, -0.2) is 49.7 Å². The third kappa shape index (κ3) is 5.19. The van der Waals surface area contributed by atoms with Gasteiger partial charge in [-0.2, -0.15) is 0 Å². The Labute approximate surface area is 154 Å². The number of rotatable bonds is 6. The number of piperidine rings is 1. The lowest BCUT2D eigenvalue weighted by atomic mass is 9.97. The van der Waals surface area contributed by atoms with Gasteiger partial charge in [-0.3, -0.25) is 4.79 Å². The second-order valence-corrected chi connectivity index (χ2v) is 8.74. The second kappa shape index (κ2) is 8.05. The number of sulfonamides is 1. The normalized spacial score (nSPS) is 18.0. The van der Waals surface area contributed by atoms with Crippen molar-refractivity contribution in [3.63, 3.8) is 0 Å². The SMILES string of the molecule is CS(=O)(=O)NC[C@@H]1CCCN(C(=O)Cc2ccc(-n3cccc3)cc2)C1. The molecule has 1 aromatic carbocycles. The molecule has 1 fully saturated rings. The molecule has 1 atom stereocenters. The molecule has 1 N–H and O–H groups in total. The first-order valence-electron chi connectivity index (χ1n) is 8.85. The van der Waals surface area contributed by atoms with Gasteiger partial charge in [0.05, 0.1) is 12.7 Å². The minimum atomic E-state index is -3.19. The van der Waals surface area contributed by atoms with Gasteiger partial charge in [-0.05, 0) is 48.6 Å². The molecule has 0 unspecified atom stereocenters. The van der Waals surface area contributed by atoms with E-state index in [-0.39, 0.29) is 11.8 Å². The van der Waals surface area contributed by atoms with Gasteiger partial charge < -0.3 is 9.47 Å². The van der Waals surface area contributed by atoms with Crippen LogP contribution < -0.4 is 4.72 Å². The summed E-state index contributed by atoms with van der Waals surface area (Å²) >= 11 is 0. The number of carbonyl (C=O) groups is 1. The molecule has 6 nitrogen and oxygen atoms in total. The Balaban J connectivity index is 1.55. The van der Waals surface area contributed by atoms with Crippen LogP contribution >= 0.6 is 0 Å². The van der Waals surface area contributed by atoms with Gasteiger partial charge in [0.15, 0.2) is 0 Å². The minimum absolute atomic E-state index is 0.0998. The third-order valence-corrected chi connectivity index (χ3v) is 5.39. The summed E-state index contributed by atoms with van der Waals surface area (Å²) in [4.78, 5) is 14.5. The Morgan fingerprint density at radius 2 is 1.88 bits per heavy atom. The molecule has 2 heterocycles. The Hall–Kier alpha value is -2.12. The zero-order valence-corrected chi connectivity index (χ0v) is 15.8. The second-order valence-electron chi connectivity index (χ2n) is 6.90. The predicted octanol–water partition coefficient (Wildman–Crippen LogP) is 1.81. The van der Waals surface area contributed by atoms with Gasteiger partial charge in [-0.25, -0.2) is 13.1 Å². The Bertz CT molecular complexity index is 829. The molecule has 26 heavy (non-hydrogen) atoms. The van der Waals surface area contributed by atoms with E-state index in [9.17, 15) is 13.2 Å². The summed E-state index contributed by atoms with van der Waals surface area (Å²) in [6, 6.07) is 11.9. The fourth-order valence-electron chi connectivity index (χ4n) is 3.31. The van der Waals surface area contributed by atoms with Crippen LogP contribution in [0.25, 0.3) is 5.69 Å². The Morgan fingerprint density at radius 1 is 1.19 bits per heavy atom. The van der Waals surface area contributed by atoms with Crippen molar-refractivity contribution in [2.24, 2.45) is 5.92 Å². The van der Waals surface area contributed by atoms with Crippen molar-refractivity contribution >= 4 is 15.9 Å². The molecule has 0 saturated carbocycles. The standard InChI is InChI=1S/C19H25N3O3S/c1-26(24,25)20-14-17-5-4-12-22(15-17)19(23)13-16-6-8-18(9-7-16)21-10-2-3-11-21/h2-3,6-11,17,20H,4-5,12-15H2,1H3/t17-/m0/s1. The van der Waals surface area contributed by atoms with E-state index in [4.69, 9.17) is 0 Å². The highest BCUT2D eigenvalue weighted by atomic mass is 32.2. The fraction of sp³-hybridized carbons (Fsp3) is 0.421. The zero-order chi connectivity index (χ0) is 18.6. The van der Waals surface area contributed by atoms with Gasteiger partial charge >= 0.3 is 0 Å². The van der Waals surface area contributed by atoms with Gasteiger partial charge in [-0.1, -0.05) is 12.1 Å². The van der Waals surface area contributed by atoms with Crippen molar-refractivity contribution in [1.29, 1.82) is 0 Å². The number of nitrogens with one attached hydrogen (secondary N) is 1. The number of benzene rings is 1. The first-order chi connectivity index (χ1) is 12.4. The van der Waals surface area contributed by atoms with Crippen LogP contribution in [0.5, 0.6) is 0 Å². The van der Waals surface area contributed by atoms with Crippen molar-refractivity contribution in [2.45, 2.75) is 19.3 Å². The van der Waals surface area contributed by atoms with Crippen LogP contribution in [0.1, 0.15) is 18.4 Å². The van der Waals surface area contributed by atoms with Gasteiger partial charge in [0.25, 0.3) is 0 Å². The minimum Gasteiger partial charge on any atom is -0.342 e. The smallest absolute Gasteiger partial charge is 0.226 e. The van der Waals surface area contributed by atoms with Gasteiger partial charge in [0.1, 0.15) is 0 Å². The number of amides is 1. The van der Waals surface area contributed by atoms with Crippen LogP contribution in [0.15, 0.2) is 48.8 Å². The predicted molar refractivity (Wildman–Crippen MR) is 102 cm³/mol. The molecule has 0 aliphatic carbocycles. The van der Waals surface area contributed by atoms with Crippen LogP contribution in [0.2, 0.25) is 0 Å². The summed E-state index contributed by atoms with van der Waals surface area (Å²) in [7, 11) is -3.19. The maximum absolute atomic E-state index is 12.6. The molecule has 1 aliphatic heterocycles. The summed E-state index contributed by atoms with van der Waals surface area (Å²) < 4.78 is 27.1. The number of aromatic nitrogens is 1. The van der Waals surface area contributed by atoms with Gasteiger partial charge in [-0.15, -0.1) is 0 Å². The number of nitrogens with zero attached hydrogens (tertiary/aromatic N) is 2. The lowest BCUT2D eigenvalue weighted by molar-refractivity contribution is -0.132. The molecule has 0 spiro atoms. The molecule has 0 bridgehead atoms. The third-order valence-electron chi connectivity index (χ3n) is 4.70. The highest BCUT2D eigenvalue weighted by Gasteiger charge is 2.24. The largest absolute Gasteiger partial charge is 0.342 e. The lowest BCUT2D eigenvalue weighted by Gasteiger charge is -2.33. The van der Waals surface area contributed by atoms with E-state index in [1.807, 2.05) is 58.3 Å². The summed E-state index contributed by atoms with van der Waals surface area (Å²) in [6.07, 6.45) is 7.36. The van der Waals surface area contributed by atoms with Crippen molar-refractivity contribution in [1.82, 2.24) is 14.2 Å². The quantitative estimate of drug-likeness (QED) is 0.837. The number of hydrogen-bond acceptors (Lipinski definition) is 3. The maximum atomic E-state index is 12.6. The average molecular weight is 375 g/mol. The number of likely N-dealkylation sites (tertiary alicyclic amines) is 1. The first kappa shape index (κ1) is 18.7. The van der Waals surface area contributed by atoms with E-state index in [2.05, 4.69) is 4.72 Å². The molecule has 1 saturated heterocycles. The van der Waals surface area contributed by atoms with Crippen molar-refractivity contribution in [3.8, 4) is 5.69 Å². The number of carbonyl (C=O) groups excluding carboxylic acids is 1. The average Bonchev–Trinajstić information content (AvgIpc) is 3.15. The maximum Gasteiger partial charge on any atom is 0.226 e. The Morgan fingerprint density at radius 3 is 2.54 bits per heavy atom. The van der Waals surface area contributed by atoms with Crippen LogP contribution in [0, 0.1) is 5.92 Å². The van der Waals surface area contributed by atoms with Crippen LogP contribution in [0.4, 0.5) is 0 Å². The van der Waals surface area contributed by atoms with E-state index in [1.54, 1.807) is 0 Å².